The van der Waals surface area contributed by atoms with E-state index in [4.69, 9.17) is 0 Å². The molecule has 1 saturated heterocycles. The van der Waals surface area contributed by atoms with Gasteiger partial charge in [0.2, 0.25) is 0 Å². The third kappa shape index (κ3) is 3.20. The number of aromatic nitrogens is 2. The number of nitrogens with one attached hydrogen (secondary N) is 1. The Balaban J connectivity index is 1.53. The first-order chi connectivity index (χ1) is 11.8. The molecule has 1 aliphatic rings. The normalized spacial score (nSPS) is 16.5. The number of thiazole rings is 1. The molecule has 124 valence electrons. The number of benzene rings is 1. The Morgan fingerprint density at radius 2 is 2.04 bits per heavy atom. The number of fused-ring (bicyclic) bond motifs is 1. The molecule has 3 aromatic rings. The first kappa shape index (κ1) is 15.4. The van der Waals surface area contributed by atoms with Crippen LogP contribution in [0.1, 0.15) is 34.9 Å². The van der Waals surface area contributed by atoms with Crippen LogP contribution in [0.2, 0.25) is 0 Å². The lowest BCUT2D eigenvalue weighted by molar-refractivity contribution is 0.0922. The molecule has 3 heterocycles. The summed E-state index contributed by atoms with van der Waals surface area (Å²) >= 11 is 1.53. The highest BCUT2D eigenvalue weighted by Crippen LogP contribution is 2.19. The zero-order valence-corrected chi connectivity index (χ0v) is 14.2. The Hall–Kier alpha value is -2.18. The highest BCUT2D eigenvalue weighted by atomic mass is 32.1. The number of nitrogens with zero attached hydrogens (tertiary/aromatic N) is 3. The molecule has 0 bridgehead atoms. The van der Waals surface area contributed by atoms with Crippen LogP contribution >= 0.6 is 11.3 Å². The van der Waals surface area contributed by atoms with Crippen molar-refractivity contribution in [2.45, 2.75) is 18.9 Å². The molecule has 0 spiro atoms. The summed E-state index contributed by atoms with van der Waals surface area (Å²) < 4.78 is 1.89. The second-order valence-corrected chi connectivity index (χ2v) is 7.04. The molecule has 1 aliphatic heterocycles. The molecule has 1 N–H and O–H groups in total. The summed E-state index contributed by atoms with van der Waals surface area (Å²) in [6.45, 7) is 3.07. The molecule has 5 nitrogen and oxygen atoms in total. The lowest BCUT2D eigenvalue weighted by Gasteiger charge is -2.24. The molecule has 4 rings (SSSR count). The van der Waals surface area contributed by atoms with Gasteiger partial charge in [0.1, 0.15) is 5.69 Å². The van der Waals surface area contributed by atoms with Crippen molar-refractivity contribution in [3.8, 4) is 0 Å². The van der Waals surface area contributed by atoms with Crippen LogP contribution in [0.25, 0.3) is 4.96 Å². The predicted molar refractivity (Wildman–Crippen MR) is 95.4 cm³/mol. The van der Waals surface area contributed by atoms with E-state index < -0.39 is 0 Å². The molecule has 0 aliphatic carbocycles. The molecule has 0 saturated carbocycles. The molecule has 6 heteroatoms. The largest absolute Gasteiger partial charge is 0.343 e. The van der Waals surface area contributed by atoms with Crippen LogP contribution in [0.4, 0.5) is 0 Å². The number of imidazole rings is 1. The smallest absolute Gasteiger partial charge is 0.272 e. The van der Waals surface area contributed by atoms with E-state index in [2.05, 4.69) is 27.3 Å². The Kier molecular flexibility index (Phi) is 4.32. The van der Waals surface area contributed by atoms with E-state index in [-0.39, 0.29) is 11.9 Å². The zero-order chi connectivity index (χ0) is 16.4. The Labute approximate surface area is 144 Å². The maximum atomic E-state index is 12.7. The highest BCUT2D eigenvalue weighted by Gasteiger charge is 2.22. The van der Waals surface area contributed by atoms with Gasteiger partial charge in [-0.25, -0.2) is 4.98 Å². The number of likely N-dealkylation sites (tertiary alicyclic amines) is 1. The van der Waals surface area contributed by atoms with Gasteiger partial charge in [0.15, 0.2) is 4.96 Å². The van der Waals surface area contributed by atoms with Crippen LogP contribution in [0.3, 0.4) is 0 Å². The summed E-state index contributed by atoms with van der Waals surface area (Å²) in [6.07, 6.45) is 6.20. The van der Waals surface area contributed by atoms with E-state index in [1.165, 1.54) is 24.2 Å². The summed E-state index contributed by atoms with van der Waals surface area (Å²) in [4.78, 5) is 20.3. The molecular weight excluding hydrogens is 320 g/mol. The number of amides is 1. The zero-order valence-electron chi connectivity index (χ0n) is 13.4. The second kappa shape index (κ2) is 6.75. The fourth-order valence-electron chi connectivity index (χ4n) is 3.21. The highest BCUT2D eigenvalue weighted by molar-refractivity contribution is 7.15. The Morgan fingerprint density at radius 3 is 2.79 bits per heavy atom. The van der Waals surface area contributed by atoms with Crippen molar-refractivity contribution in [2.75, 3.05) is 19.6 Å². The van der Waals surface area contributed by atoms with Gasteiger partial charge in [-0.1, -0.05) is 30.3 Å². The predicted octanol–water partition coefficient (Wildman–Crippen LogP) is 2.96. The first-order valence-electron chi connectivity index (χ1n) is 8.30. The van der Waals surface area contributed by atoms with Crippen LogP contribution in [0, 0.1) is 0 Å². The molecular formula is C18H20N4OS. The topological polar surface area (TPSA) is 49.6 Å². The third-order valence-corrected chi connectivity index (χ3v) is 5.24. The maximum Gasteiger partial charge on any atom is 0.272 e. The van der Waals surface area contributed by atoms with E-state index in [0.717, 1.165) is 30.2 Å². The van der Waals surface area contributed by atoms with Gasteiger partial charge in [-0.3, -0.25) is 9.20 Å². The SMILES string of the molecule is O=C(N[C@H](CN1CCCC1)c1ccccc1)c1cn2ccsc2n1. The van der Waals surface area contributed by atoms with Gasteiger partial charge in [0.25, 0.3) is 5.91 Å². The minimum Gasteiger partial charge on any atom is -0.343 e. The van der Waals surface area contributed by atoms with E-state index in [9.17, 15) is 4.79 Å². The number of carbonyl (C=O) groups is 1. The minimum atomic E-state index is -0.112. The van der Waals surface area contributed by atoms with Crippen molar-refractivity contribution in [1.82, 2.24) is 19.6 Å². The molecule has 24 heavy (non-hydrogen) atoms. The fraction of sp³-hybridized carbons (Fsp3) is 0.333. The van der Waals surface area contributed by atoms with Gasteiger partial charge >= 0.3 is 0 Å². The average Bonchev–Trinajstić information content (AvgIpc) is 3.32. The van der Waals surface area contributed by atoms with Gasteiger partial charge in [-0.05, 0) is 31.5 Å². The van der Waals surface area contributed by atoms with Crippen molar-refractivity contribution in [1.29, 1.82) is 0 Å². The minimum absolute atomic E-state index is 0.0171. The van der Waals surface area contributed by atoms with E-state index >= 15 is 0 Å². The molecule has 1 atom stereocenters. The maximum absolute atomic E-state index is 12.7. The third-order valence-electron chi connectivity index (χ3n) is 4.47. The van der Waals surface area contributed by atoms with Gasteiger partial charge in [-0.2, -0.15) is 0 Å². The summed E-state index contributed by atoms with van der Waals surface area (Å²) in [5, 5.41) is 5.14. The molecule has 1 aromatic carbocycles. The summed E-state index contributed by atoms with van der Waals surface area (Å²) in [6, 6.07) is 10.2. The number of hydrogen-bond acceptors (Lipinski definition) is 4. The first-order valence-corrected chi connectivity index (χ1v) is 9.18. The van der Waals surface area contributed by atoms with Crippen LogP contribution in [0.5, 0.6) is 0 Å². The van der Waals surface area contributed by atoms with Gasteiger partial charge in [-0.15, -0.1) is 11.3 Å². The van der Waals surface area contributed by atoms with E-state index in [1.807, 2.05) is 34.2 Å². The standard InChI is InChI=1S/C18H20N4OS/c23-17(16-13-22-10-11-24-18(22)20-16)19-15(12-21-8-4-5-9-21)14-6-2-1-3-7-14/h1-3,6-7,10-11,13,15H,4-5,8-9,12H2,(H,19,23)/t15-/m1/s1. The van der Waals surface area contributed by atoms with Gasteiger partial charge in [0, 0.05) is 24.3 Å². The van der Waals surface area contributed by atoms with Crippen LogP contribution in [0.15, 0.2) is 48.1 Å². The lowest BCUT2D eigenvalue weighted by atomic mass is 10.1. The average molecular weight is 340 g/mol. The van der Waals surface area contributed by atoms with Crippen LogP contribution in [-0.4, -0.2) is 39.8 Å². The number of rotatable bonds is 5. The monoisotopic (exact) mass is 340 g/mol. The second-order valence-electron chi connectivity index (χ2n) is 6.16. The molecule has 2 aromatic heterocycles. The van der Waals surface area contributed by atoms with Crippen molar-refractivity contribution in [3.05, 3.63) is 59.4 Å². The van der Waals surface area contributed by atoms with Crippen molar-refractivity contribution in [3.63, 3.8) is 0 Å². The lowest BCUT2D eigenvalue weighted by Crippen LogP contribution is -2.37. The quantitative estimate of drug-likeness (QED) is 0.777. The number of hydrogen-bond donors (Lipinski definition) is 1. The molecule has 1 fully saturated rings. The summed E-state index contributed by atoms with van der Waals surface area (Å²) in [5.74, 6) is -0.112. The Bertz CT molecular complexity index is 791. The van der Waals surface area contributed by atoms with Gasteiger partial charge < -0.3 is 10.2 Å². The summed E-state index contributed by atoms with van der Waals surface area (Å²) in [7, 11) is 0. The van der Waals surface area contributed by atoms with Crippen LogP contribution < -0.4 is 5.32 Å². The van der Waals surface area contributed by atoms with Gasteiger partial charge in [0.05, 0.1) is 6.04 Å². The number of carbonyl (C=O) groups excluding carboxylic acids is 1. The molecule has 0 unspecified atom stereocenters. The Morgan fingerprint density at radius 1 is 1.25 bits per heavy atom. The van der Waals surface area contributed by atoms with E-state index in [1.54, 1.807) is 6.20 Å². The van der Waals surface area contributed by atoms with Crippen LogP contribution in [-0.2, 0) is 0 Å². The molecule has 0 radical (unpaired) electrons. The summed E-state index contributed by atoms with van der Waals surface area (Å²) in [5.41, 5.74) is 1.61. The van der Waals surface area contributed by atoms with Crippen molar-refractivity contribution >= 4 is 22.2 Å². The van der Waals surface area contributed by atoms with Crippen molar-refractivity contribution < 1.29 is 4.79 Å². The van der Waals surface area contributed by atoms with E-state index in [0.29, 0.717) is 5.69 Å². The molecule has 1 amide bonds. The fourth-order valence-corrected chi connectivity index (χ4v) is 3.91. The van der Waals surface area contributed by atoms with Crippen molar-refractivity contribution in [2.24, 2.45) is 0 Å².